The van der Waals surface area contributed by atoms with Gasteiger partial charge in [0.25, 0.3) is 5.91 Å². The topological polar surface area (TPSA) is 122 Å². The van der Waals surface area contributed by atoms with E-state index in [2.05, 4.69) is 10.6 Å². The molecule has 0 bridgehead atoms. The number of hydrogen-bond acceptors (Lipinski definition) is 6. The van der Waals surface area contributed by atoms with Crippen LogP contribution in [0.25, 0.3) is 0 Å². The third kappa shape index (κ3) is 7.54. The largest absolute Gasteiger partial charge is 0.452 e. The van der Waals surface area contributed by atoms with Crippen molar-refractivity contribution in [3.05, 3.63) is 29.8 Å². The number of anilines is 1. The van der Waals surface area contributed by atoms with E-state index in [1.807, 2.05) is 27.7 Å². The van der Waals surface area contributed by atoms with Gasteiger partial charge in [-0.1, -0.05) is 26.0 Å². The first-order chi connectivity index (χ1) is 14.5. The summed E-state index contributed by atoms with van der Waals surface area (Å²) in [5.41, 5.74) is 0.382. The zero-order chi connectivity index (χ0) is 23.2. The first kappa shape index (κ1) is 24.6. The van der Waals surface area contributed by atoms with E-state index in [0.29, 0.717) is 13.0 Å². The highest BCUT2D eigenvalue weighted by Crippen LogP contribution is 2.20. The number of sulfone groups is 1. The van der Waals surface area contributed by atoms with Crippen molar-refractivity contribution in [3.8, 4) is 0 Å². The van der Waals surface area contributed by atoms with E-state index < -0.39 is 40.4 Å². The molecule has 0 radical (unpaired) electrons. The first-order valence-electron chi connectivity index (χ1n) is 10.3. The zero-order valence-electron chi connectivity index (χ0n) is 18.4. The minimum atomic E-state index is -3.16. The van der Waals surface area contributed by atoms with E-state index in [4.69, 9.17) is 4.74 Å². The highest BCUT2D eigenvalue weighted by Gasteiger charge is 2.35. The molecule has 1 aromatic carbocycles. The molecule has 10 heteroatoms. The van der Waals surface area contributed by atoms with Gasteiger partial charge < -0.3 is 20.3 Å². The molecule has 1 aliphatic heterocycles. The molecule has 2 N–H and O–H groups in total. The minimum Gasteiger partial charge on any atom is -0.452 e. The van der Waals surface area contributed by atoms with Crippen molar-refractivity contribution in [2.45, 2.75) is 46.2 Å². The third-order valence-corrected chi connectivity index (χ3v) is 6.42. The summed E-state index contributed by atoms with van der Waals surface area (Å²) in [7, 11) is -3.16. The van der Waals surface area contributed by atoms with Gasteiger partial charge in [0, 0.05) is 18.6 Å². The second kappa shape index (κ2) is 10.6. The SMILES string of the molecule is CC(C)CN(C(=O)COC(=O)c1ccccc1NC(=O)NC(C)C)C1CCS(=O)(=O)C1. The van der Waals surface area contributed by atoms with Crippen LogP contribution in [-0.4, -0.2) is 68.0 Å². The molecule has 3 amide bonds. The Hall–Kier alpha value is -2.62. The van der Waals surface area contributed by atoms with Gasteiger partial charge in [-0.25, -0.2) is 18.0 Å². The molecule has 1 fully saturated rings. The Morgan fingerprint density at radius 3 is 2.42 bits per heavy atom. The zero-order valence-corrected chi connectivity index (χ0v) is 19.2. The van der Waals surface area contributed by atoms with Gasteiger partial charge in [-0.3, -0.25) is 4.79 Å². The van der Waals surface area contributed by atoms with Crippen molar-refractivity contribution in [1.82, 2.24) is 10.2 Å². The number of nitrogens with one attached hydrogen (secondary N) is 2. The molecule has 1 unspecified atom stereocenters. The van der Waals surface area contributed by atoms with Gasteiger partial charge in [0.05, 0.1) is 22.8 Å². The lowest BCUT2D eigenvalue weighted by atomic mass is 10.1. The summed E-state index contributed by atoms with van der Waals surface area (Å²) in [4.78, 5) is 38.8. The third-order valence-electron chi connectivity index (χ3n) is 4.67. The predicted molar refractivity (Wildman–Crippen MR) is 118 cm³/mol. The first-order valence-corrected chi connectivity index (χ1v) is 12.1. The van der Waals surface area contributed by atoms with E-state index in [1.165, 1.54) is 11.0 Å². The number of carbonyl (C=O) groups excluding carboxylic acids is 3. The highest BCUT2D eigenvalue weighted by atomic mass is 32.2. The lowest BCUT2D eigenvalue weighted by Gasteiger charge is -2.29. The Balaban J connectivity index is 2.05. The van der Waals surface area contributed by atoms with Crippen LogP contribution in [-0.2, 0) is 19.4 Å². The maximum Gasteiger partial charge on any atom is 0.340 e. The average molecular weight is 454 g/mol. The smallest absolute Gasteiger partial charge is 0.340 e. The molecule has 0 saturated carbocycles. The van der Waals surface area contributed by atoms with Gasteiger partial charge in [0.15, 0.2) is 16.4 Å². The van der Waals surface area contributed by atoms with Crippen molar-refractivity contribution in [3.63, 3.8) is 0 Å². The number of nitrogens with zero attached hydrogens (tertiary/aromatic N) is 1. The Morgan fingerprint density at radius 2 is 1.84 bits per heavy atom. The Bertz CT molecular complexity index is 913. The standard InChI is InChI=1S/C21H31N3O6S/c1-14(2)11-24(16-9-10-31(28,29)13-16)19(25)12-30-20(26)17-7-5-6-8-18(17)23-21(27)22-15(3)4/h5-8,14-16H,9-13H2,1-4H3,(H2,22,23,27). The van der Waals surface area contributed by atoms with Crippen molar-refractivity contribution in [1.29, 1.82) is 0 Å². The van der Waals surface area contributed by atoms with Crippen LogP contribution in [0.3, 0.4) is 0 Å². The molecule has 0 aliphatic carbocycles. The molecule has 1 saturated heterocycles. The van der Waals surface area contributed by atoms with Crippen LogP contribution in [0.2, 0.25) is 0 Å². The monoisotopic (exact) mass is 453 g/mol. The van der Waals surface area contributed by atoms with Crippen LogP contribution in [0.15, 0.2) is 24.3 Å². The molecule has 2 rings (SSSR count). The Morgan fingerprint density at radius 1 is 1.16 bits per heavy atom. The number of rotatable bonds is 8. The second-order valence-corrected chi connectivity index (χ2v) is 10.6. The molecule has 1 aromatic rings. The van der Waals surface area contributed by atoms with E-state index in [9.17, 15) is 22.8 Å². The van der Waals surface area contributed by atoms with Crippen molar-refractivity contribution < 1.29 is 27.5 Å². The Kier molecular flexibility index (Phi) is 8.43. The summed E-state index contributed by atoms with van der Waals surface area (Å²) in [6.07, 6.45) is 0.381. The maximum atomic E-state index is 12.8. The molecule has 172 valence electrons. The maximum absolute atomic E-state index is 12.8. The molecule has 1 aliphatic rings. The van der Waals surface area contributed by atoms with Crippen LogP contribution < -0.4 is 10.6 Å². The van der Waals surface area contributed by atoms with Crippen molar-refractivity contribution in [2.75, 3.05) is 30.0 Å². The molecule has 31 heavy (non-hydrogen) atoms. The van der Waals surface area contributed by atoms with Crippen LogP contribution >= 0.6 is 0 Å². The lowest BCUT2D eigenvalue weighted by Crippen LogP contribution is -2.45. The number of esters is 1. The van der Waals surface area contributed by atoms with E-state index in [0.717, 1.165) is 0 Å². The van der Waals surface area contributed by atoms with Crippen LogP contribution in [0.1, 0.15) is 44.5 Å². The average Bonchev–Trinajstić information content (AvgIpc) is 3.03. The molecule has 1 heterocycles. The summed E-state index contributed by atoms with van der Waals surface area (Å²) in [6.45, 7) is 7.35. The number of benzene rings is 1. The fourth-order valence-electron chi connectivity index (χ4n) is 3.35. The highest BCUT2D eigenvalue weighted by molar-refractivity contribution is 7.91. The van der Waals surface area contributed by atoms with Crippen LogP contribution in [0.4, 0.5) is 10.5 Å². The number of ether oxygens (including phenoxy) is 1. The molecular weight excluding hydrogens is 422 g/mol. The lowest BCUT2D eigenvalue weighted by molar-refractivity contribution is -0.137. The predicted octanol–water partition coefficient (Wildman–Crippen LogP) is 2.05. The Labute approximate surface area is 183 Å². The van der Waals surface area contributed by atoms with Gasteiger partial charge in [0.2, 0.25) is 0 Å². The number of hydrogen-bond donors (Lipinski definition) is 2. The molecule has 9 nitrogen and oxygen atoms in total. The van der Waals surface area contributed by atoms with Crippen molar-refractivity contribution >= 4 is 33.4 Å². The summed E-state index contributed by atoms with van der Waals surface area (Å²) in [6, 6.07) is 5.39. The molecular formula is C21H31N3O6S. The van der Waals surface area contributed by atoms with E-state index in [1.54, 1.807) is 18.2 Å². The molecule has 0 aromatic heterocycles. The molecule has 1 atom stereocenters. The van der Waals surface area contributed by atoms with Gasteiger partial charge in [-0.05, 0) is 38.3 Å². The number of carbonyl (C=O) groups is 3. The van der Waals surface area contributed by atoms with Gasteiger partial charge >= 0.3 is 12.0 Å². The number of amides is 3. The van der Waals surface area contributed by atoms with Crippen molar-refractivity contribution in [2.24, 2.45) is 5.92 Å². The summed E-state index contributed by atoms with van der Waals surface area (Å²) >= 11 is 0. The van der Waals surface area contributed by atoms with Crippen LogP contribution in [0.5, 0.6) is 0 Å². The van der Waals surface area contributed by atoms with Gasteiger partial charge in [-0.2, -0.15) is 0 Å². The van der Waals surface area contributed by atoms with Crippen LogP contribution in [0, 0.1) is 5.92 Å². The minimum absolute atomic E-state index is 0.0524. The number of para-hydroxylation sites is 1. The van der Waals surface area contributed by atoms with Gasteiger partial charge in [-0.15, -0.1) is 0 Å². The fourth-order valence-corrected chi connectivity index (χ4v) is 5.08. The van der Waals surface area contributed by atoms with Gasteiger partial charge in [0.1, 0.15) is 0 Å². The number of urea groups is 1. The van der Waals surface area contributed by atoms with E-state index >= 15 is 0 Å². The normalized spacial score (nSPS) is 17.4. The summed E-state index contributed by atoms with van der Waals surface area (Å²) < 4.78 is 28.9. The second-order valence-electron chi connectivity index (χ2n) is 8.37. The summed E-state index contributed by atoms with van der Waals surface area (Å²) in [5.74, 6) is -1.08. The molecule has 0 spiro atoms. The fraction of sp³-hybridized carbons (Fsp3) is 0.571. The van der Waals surface area contributed by atoms with E-state index in [-0.39, 0.29) is 34.7 Å². The quantitative estimate of drug-likeness (QED) is 0.581. The summed E-state index contributed by atoms with van der Waals surface area (Å²) in [5, 5.41) is 5.27.